The predicted molar refractivity (Wildman–Crippen MR) is 106 cm³/mol. The Kier molecular flexibility index (Phi) is 5.91. The molecule has 0 spiro atoms. The molecule has 2 aromatic carbocycles. The molecule has 27 heavy (non-hydrogen) atoms. The van der Waals surface area contributed by atoms with Gasteiger partial charge in [0.15, 0.2) is 0 Å². The first kappa shape index (κ1) is 19.1. The third-order valence-corrected chi connectivity index (χ3v) is 4.84. The number of hydrogen-bond donors (Lipinski definition) is 1. The second-order valence-corrected chi connectivity index (χ2v) is 6.74. The summed E-state index contributed by atoms with van der Waals surface area (Å²) in [5.74, 6) is 1.14. The van der Waals surface area contributed by atoms with E-state index in [1.807, 2.05) is 56.3 Å². The van der Waals surface area contributed by atoms with Crippen LogP contribution in [0.1, 0.15) is 38.6 Å². The molecule has 0 aliphatic carbocycles. The molecular formula is C22H26N2O3. The highest BCUT2D eigenvalue weighted by atomic mass is 16.5. The quantitative estimate of drug-likeness (QED) is 0.506. The molecule has 0 saturated carbocycles. The van der Waals surface area contributed by atoms with Gasteiger partial charge in [-0.2, -0.15) is 0 Å². The van der Waals surface area contributed by atoms with Crippen molar-refractivity contribution in [1.29, 1.82) is 0 Å². The van der Waals surface area contributed by atoms with Crippen LogP contribution in [0.4, 0.5) is 0 Å². The number of aliphatic hydroxyl groups excluding tert-OH is 1. The van der Waals surface area contributed by atoms with E-state index in [-0.39, 0.29) is 18.5 Å². The normalized spacial score (nSPS) is 12.3. The summed E-state index contributed by atoms with van der Waals surface area (Å²) in [6, 6.07) is 13.7. The summed E-state index contributed by atoms with van der Waals surface area (Å²) in [6.07, 6.45) is 2.19. The molecule has 0 saturated heterocycles. The Hall–Kier alpha value is -2.66. The maximum Gasteiger partial charge on any atom is 0.314 e. The Labute approximate surface area is 159 Å². The SMILES string of the molecule is CCc1nc2cc(OC(=O)C(C)CC)ccc2n1-c1ccc(CCO)cc1. The van der Waals surface area contributed by atoms with Gasteiger partial charge in [-0.1, -0.05) is 32.9 Å². The minimum Gasteiger partial charge on any atom is -0.426 e. The third-order valence-electron chi connectivity index (χ3n) is 4.84. The summed E-state index contributed by atoms with van der Waals surface area (Å²) in [5.41, 5.74) is 3.91. The predicted octanol–water partition coefficient (Wildman–Crippen LogP) is 4.07. The average Bonchev–Trinajstić information content (AvgIpc) is 3.06. The van der Waals surface area contributed by atoms with Gasteiger partial charge >= 0.3 is 5.97 Å². The number of benzene rings is 2. The maximum atomic E-state index is 12.0. The van der Waals surface area contributed by atoms with E-state index in [9.17, 15) is 4.79 Å². The topological polar surface area (TPSA) is 64.3 Å². The summed E-state index contributed by atoms with van der Waals surface area (Å²) in [7, 11) is 0. The van der Waals surface area contributed by atoms with Crippen LogP contribution in [0.5, 0.6) is 5.75 Å². The summed E-state index contributed by atoms with van der Waals surface area (Å²) < 4.78 is 7.62. The van der Waals surface area contributed by atoms with Gasteiger partial charge in [-0.25, -0.2) is 4.98 Å². The van der Waals surface area contributed by atoms with E-state index >= 15 is 0 Å². The molecule has 0 aliphatic heterocycles. The fourth-order valence-corrected chi connectivity index (χ4v) is 3.02. The van der Waals surface area contributed by atoms with Gasteiger partial charge in [-0.15, -0.1) is 0 Å². The lowest BCUT2D eigenvalue weighted by atomic mass is 10.1. The number of ether oxygens (including phenoxy) is 1. The number of carbonyl (C=O) groups is 1. The van der Waals surface area contributed by atoms with Crippen LogP contribution in [0.15, 0.2) is 42.5 Å². The lowest BCUT2D eigenvalue weighted by Gasteiger charge is -2.10. The van der Waals surface area contributed by atoms with Crippen molar-refractivity contribution in [2.24, 2.45) is 5.92 Å². The zero-order valence-corrected chi connectivity index (χ0v) is 16.1. The van der Waals surface area contributed by atoms with E-state index in [0.29, 0.717) is 12.2 Å². The molecule has 3 aromatic rings. The fraction of sp³-hybridized carbons (Fsp3) is 0.364. The van der Waals surface area contributed by atoms with Crippen molar-refractivity contribution in [1.82, 2.24) is 9.55 Å². The van der Waals surface area contributed by atoms with E-state index in [1.165, 1.54) is 0 Å². The van der Waals surface area contributed by atoms with Crippen molar-refractivity contribution in [3.8, 4) is 11.4 Å². The first-order valence-corrected chi connectivity index (χ1v) is 9.50. The zero-order chi connectivity index (χ0) is 19.4. The van der Waals surface area contributed by atoms with Crippen molar-refractivity contribution < 1.29 is 14.6 Å². The molecule has 1 heterocycles. The van der Waals surface area contributed by atoms with E-state index < -0.39 is 0 Å². The van der Waals surface area contributed by atoms with Gasteiger partial charge in [-0.05, 0) is 42.7 Å². The van der Waals surface area contributed by atoms with Gasteiger partial charge in [0.05, 0.1) is 17.0 Å². The number of nitrogens with zero attached hydrogens (tertiary/aromatic N) is 2. The third kappa shape index (κ3) is 4.03. The van der Waals surface area contributed by atoms with Gasteiger partial charge < -0.3 is 9.84 Å². The van der Waals surface area contributed by atoms with Crippen LogP contribution in [0.3, 0.4) is 0 Å². The number of aromatic nitrogens is 2. The molecule has 1 N–H and O–H groups in total. The Bertz CT molecular complexity index is 929. The molecule has 0 bridgehead atoms. The monoisotopic (exact) mass is 366 g/mol. The average molecular weight is 366 g/mol. The van der Waals surface area contributed by atoms with Crippen LogP contribution >= 0.6 is 0 Å². The van der Waals surface area contributed by atoms with E-state index in [1.54, 1.807) is 0 Å². The first-order valence-electron chi connectivity index (χ1n) is 9.50. The molecule has 5 nitrogen and oxygen atoms in total. The van der Waals surface area contributed by atoms with Crippen LogP contribution in [0, 0.1) is 5.92 Å². The second-order valence-electron chi connectivity index (χ2n) is 6.74. The smallest absolute Gasteiger partial charge is 0.314 e. The number of aryl methyl sites for hydroxylation is 1. The van der Waals surface area contributed by atoms with Gasteiger partial charge in [0, 0.05) is 24.8 Å². The van der Waals surface area contributed by atoms with Crippen LogP contribution in [0.25, 0.3) is 16.7 Å². The van der Waals surface area contributed by atoms with Crippen LogP contribution in [-0.2, 0) is 17.6 Å². The zero-order valence-electron chi connectivity index (χ0n) is 16.1. The highest BCUT2D eigenvalue weighted by Gasteiger charge is 2.16. The largest absolute Gasteiger partial charge is 0.426 e. The second kappa shape index (κ2) is 8.35. The number of aliphatic hydroxyl groups is 1. The van der Waals surface area contributed by atoms with Gasteiger partial charge in [0.1, 0.15) is 11.6 Å². The summed E-state index contributed by atoms with van der Waals surface area (Å²) in [5, 5.41) is 9.08. The highest BCUT2D eigenvalue weighted by molar-refractivity contribution is 5.82. The van der Waals surface area contributed by atoms with Crippen LogP contribution < -0.4 is 4.74 Å². The lowest BCUT2D eigenvalue weighted by Crippen LogP contribution is -2.16. The molecule has 1 atom stereocenters. The Balaban J connectivity index is 1.97. The number of fused-ring (bicyclic) bond motifs is 1. The van der Waals surface area contributed by atoms with Crippen molar-refractivity contribution in [3.05, 3.63) is 53.9 Å². The molecule has 1 unspecified atom stereocenters. The van der Waals surface area contributed by atoms with Gasteiger partial charge in [-0.3, -0.25) is 9.36 Å². The van der Waals surface area contributed by atoms with Crippen molar-refractivity contribution in [3.63, 3.8) is 0 Å². The minimum absolute atomic E-state index is 0.123. The molecular weight excluding hydrogens is 340 g/mol. The molecule has 0 aliphatic rings. The number of rotatable bonds is 7. The van der Waals surface area contributed by atoms with Crippen molar-refractivity contribution in [2.75, 3.05) is 6.61 Å². The van der Waals surface area contributed by atoms with Crippen LogP contribution in [-0.4, -0.2) is 27.2 Å². The molecule has 5 heteroatoms. The van der Waals surface area contributed by atoms with E-state index in [4.69, 9.17) is 14.8 Å². The fourth-order valence-electron chi connectivity index (χ4n) is 3.02. The Morgan fingerprint density at radius 3 is 2.56 bits per heavy atom. The molecule has 1 aromatic heterocycles. The van der Waals surface area contributed by atoms with Gasteiger partial charge in [0.2, 0.25) is 0 Å². The molecule has 0 fully saturated rings. The standard InChI is InChI=1S/C22H26N2O3/c1-4-15(3)22(26)27-18-10-11-20-19(14-18)23-21(5-2)24(20)17-8-6-16(7-9-17)12-13-25/h6-11,14-15,25H,4-5,12-13H2,1-3H3. The molecule has 0 amide bonds. The van der Waals surface area contributed by atoms with Gasteiger partial charge in [0.25, 0.3) is 0 Å². The number of esters is 1. The number of carbonyl (C=O) groups excluding carboxylic acids is 1. The number of hydrogen-bond acceptors (Lipinski definition) is 4. The lowest BCUT2D eigenvalue weighted by molar-refractivity contribution is -0.138. The molecule has 3 rings (SSSR count). The number of imidazole rings is 1. The van der Waals surface area contributed by atoms with Crippen LogP contribution in [0.2, 0.25) is 0 Å². The first-order chi connectivity index (χ1) is 13.1. The Morgan fingerprint density at radius 1 is 1.19 bits per heavy atom. The maximum absolute atomic E-state index is 12.0. The van der Waals surface area contributed by atoms with Crippen molar-refractivity contribution in [2.45, 2.75) is 40.0 Å². The highest BCUT2D eigenvalue weighted by Crippen LogP contribution is 2.26. The van der Waals surface area contributed by atoms with E-state index in [2.05, 4.69) is 11.5 Å². The summed E-state index contributed by atoms with van der Waals surface area (Å²) >= 11 is 0. The summed E-state index contributed by atoms with van der Waals surface area (Å²) in [6.45, 7) is 6.05. The Morgan fingerprint density at radius 2 is 1.93 bits per heavy atom. The summed E-state index contributed by atoms with van der Waals surface area (Å²) in [4.78, 5) is 16.8. The minimum atomic E-state index is -0.216. The molecule has 142 valence electrons. The molecule has 0 radical (unpaired) electrons. The van der Waals surface area contributed by atoms with Crippen molar-refractivity contribution >= 4 is 17.0 Å². The van der Waals surface area contributed by atoms with E-state index in [0.717, 1.165) is 41.0 Å².